The third kappa shape index (κ3) is 3.83. The Morgan fingerprint density at radius 1 is 0.889 bits per heavy atom. The number of amides is 2. The van der Waals surface area contributed by atoms with E-state index in [0.29, 0.717) is 33.8 Å². The molecule has 0 unspecified atom stereocenters. The van der Waals surface area contributed by atoms with Crippen LogP contribution < -0.4 is 14.8 Å². The monoisotopic (exact) mass is 486 g/mol. The molecule has 2 N–H and O–H groups in total. The Hall–Kier alpha value is -4.04. The third-order valence-corrected chi connectivity index (χ3v) is 7.00. The van der Waals surface area contributed by atoms with E-state index in [-0.39, 0.29) is 0 Å². The van der Waals surface area contributed by atoms with Gasteiger partial charge in [0.1, 0.15) is 0 Å². The molecule has 1 aliphatic heterocycles. The maximum Gasteiger partial charge on any atom is 0.259 e. The van der Waals surface area contributed by atoms with Crippen LogP contribution in [0.5, 0.6) is 11.5 Å². The molecule has 5 rings (SSSR count). The molecule has 0 bridgehead atoms. The van der Waals surface area contributed by atoms with Gasteiger partial charge in [-0.1, -0.05) is 32.0 Å². The van der Waals surface area contributed by atoms with Gasteiger partial charge in [0.25, 0.3) is 11.8 Å². The molecule has 2 aromatic carbocycles. The van der Waals surface area contributed by atoms with Gasteiger partial charge in [-0.3, -0.25) is 14.9 Å². The van der Waals surface area contributed by atoms with Crippen molar-refractivity contribution in [2.45, 2.75) is 20.4 Å². The summed E-state index contributed by atoms with van der Waals surface area (Å²) in [6.07, 6.45) is 3.76. The molecule has 0 spiro atoms. The molecule has 186 valence electrons. The number of likely N-dealkylation sites (N-methyl/N-ethyl adjacent to an activating group) is 1. The third-order valence-electron chi connectivity index (χ3n) is 7.00. The molecule has 0 saturated heterocycles. The number of para-hydroxylation sites is 1. The predicted molar refractivity (Wildman–Crippen MR) is 141 cm³/mol. The molecular formula is C28H30N4O4. The number of aromatic amines is 1. The molecule has 3 heterocycles. The summed E-state index contributed by atoms with van der Waals surface area (Å²) in [7, 11) is 3.19. The van der Waals surface area contributed by atoms with Crippen LogP contribution in [-0.2, 0) is 16.1 Å². The summed E-state index contributed by atoms with van der Waals surface area (Å²) >= 11 is 0. The lowest BCUT2D eigenvalue weighted by Crippen LogP contribution is -2.26. The number of H-pyrrole nitrogens is 1. The van der Waals surface area contributed by atoms with Gasteiger partial charge in [0.2, 0.25) is 0 Å². The predicted octanol–water partition coefficient (Wildman–Crippen LogP) is 4.05. The molecule has 36 heavy (non-hydrogen) atoms. The van der Waals surface area contributed by atoms with Crippen LogP contribution in [0.25, 0.3) is 33.0 Å². The second kappa shape index (κ2) is 9.54. The second-order valence-corrected chi connectivity index (χ2v) is 8.77. The number of rotatable bonds is 9. The van der Waals surface area contributed by atoms with Gasteiger partial charge in [0.05, 0.1) is 30.9 Å². The summed E-state index contributed by atoms with van der Waals surface area (Å²) in [5.41, 5.74) is 3.94. The van der Waals surface area contributed by atoms with Crippen LogP contribution in [0.1, 0.15) is 25.0 Å². The quantitative estimate of drug-likeness (QED) is 0.349. The molecule has 0 aliphatic carbocycles. The zero-order chi connectivity index (χ0) is 25.4. The first-order valence-electron chi connectivity index (χ1n) is 12.1. The van der Waals surface area contributed by atoms with Crippen LogP contribution in [0.15, 0.2) is 48.8 Å². The number of methoxy groups -OCH3 is 2. The van der Waals surface area contributed by atoms with Gasteiger partial charge in [-0.2, -0.15) is 0 Å². The summed E-state index contributed by atoms with van der Waals surface area (Å²) in [6, 6.07) is 11.6. The summed E-state index contributed by atoms with van der Waals surface area (Å²) in [4.78, 5) is 31.9. The number of imide groups is 1. The Balaban J connectivity index is 1.76. The SMILES string of the molecule is CCN(CC)CCn1cc(C2=C(c3c[nH]c4ccccc34)C(=O)NC2=O)c2cc(OC)c(OC)cc21. The molecule has 0 fully saturated rings. The van der Waals surface area contributed by atoms with E-state index in [1.54, 1.807) is 20.4 Å². The van der Waals surface area contributed by atoms with Crippen LogP contribution in [0, 0.1) is 0 Å². The van der Waals surface area contributed by atoms with Crippen molar-refractivity contribution in [3.8, 4) is 11.5 Å². The van der Waals surface area contributed by atoms with Gasteiger partial charge in [-0.15, -0.1) is 0 Å². The molecular weight excluding hydrogens is 456 g/mol. The van der Waals surface area contributed by atoms with Crippen molar-refractivity contribution in [1.82, 2.24) is 19.8 Å². The highest BCUT2D eigenvalue weighted by molar-refractivity contribution is 6.50. The van der Waals surface area contributed by atoms with Crippen molar-refractivity contribution in [1.29, 1.82) is 0 Å². The number of nitrogens with zero attached hydrogens (tertiary/aromatic N) is 2. The number of hydrogen-bond donors (Lipinski definition) is 2. The summed E-state index contributed by atoms with van der Waals surface area (Å²) in [5, 5.41) is 4.23. The zero-order valence-electron chi connectivity index (χ0n) is 21.0. The maximum atomic E-state index is 13.2. The van der Waals surface area contributed by atoms with E-state index in [1.165, 1.54) is 0 Å². The van der Waals surface area contributed by atoms with Gasteiger partial charge >= 0.3 is 0 Å². The van der Waals surface area contributed by atoms with E-state index in [1.807, 2.05) is 42.6 Å². The molecule has 0 saturated carbocycles. The number of hydrogen-bond acceptors (Lipinski definition) is 5. The normalized spacial score (nSPS) is 13.9. The highest BCUT2D eigenvalue weighted by Gasteiger charge is 2.35. The van der Waals surface area contributed by atoms with Crippen molar-refractivity contribution in [3.63, 3.8) is 0 Å². The largest absolute Gasteiger partial charge is 0.493 e. The minimum atomic E-state index is -0.405. The molecule has 4 aromatic rings. The van der Waals surface area contributed by atoms with Crippen LogP contribution in [0.4, 0.5) is 0 Å². The second-order valence-electron chi connectivity index (χ2n) is 8.77. The van der Waals surface area contributed by atoms with E-state index in [9.17, 15) is 9.59 Å². The van der Waals surface area contributed by atoms with Crippen LogP contribution >= 0.6 is 0 Å². The van der Waals surface area contributed by atoms with Gasteiger partial charge in [0, 0.05) is 59.0 Å². The Bertz CT molecular complexity index is 1510. The highest BCUT2D eigenvalue weighted by Crippen LogP contribution is 2.41. The van der Waals surface area contributed by atoms with E-state index in [2.05, 4.69) is 33.6 Å². The van der Waals surface area contributed by atoms with Crippen molar-refractivity contribution in [2.24, 2.45) is 0 Å². The van der Waals surface area contributed by atoms with E-state index < -0.39 is 11.8 Å². The molecule has 1 aliphatic rings. The van der Waals surface area contributed by atoms with Gasteiger partial charge in [0.15, 0.2) is 11.5 Å². The first kappa shape index (κ1) is 23.7. The molecule has 0 atom stereocenters. The number of fused-ring (bicyclic) bond motifs is 2. The van der Waals surface area contributed by atoms with Crippen molar-refractivity contribution < 1.29 is 19.1 Å². The zero-order valence-corrected chi connectivity index (χ0v) is 21.0. The minimum Gasteiger partial charge on any atom is -0.493 e. The lowest BCUT2D eigenvalue weighted by Gasteiger charge is -2.18. The molecule has 0 radical (unpaired) electrons. The number of carbonyl (C=O) groups is 2. The lowest BCUT2D eigenvalue weighted by molar-refractivity contribution is -0.122. The molecule has 2 aromatic heterocycles. The first-order valence-corrected chi connectivity index (χ1v) is 12.1. The fourth-order valence-corrected chi connectivity index (χ4v) is 5.04. The Morgan fingerprint density at radius 2 is 1.56 bits per heavy atom. The molecule has 8 nitrogen and oxygen atoms in total. The maximum absolute atomic E-state index is 13.2. The summed E-state index contributed by atoms with van der Waals surface area (Å²) < 4.78 is 13.3. The first-order chi connectivity index (χ1) is 17.5. The number of nitrogens with one attached hydrogen (secondary N) is 2. The lowest BCUT2D eigenvalue weighted by atomic mass is 9.95. The topological polar surface area (TPSA) is 88.6 Å². The summed E-state index contributed by atoms with van der Waals surface area (Å²) in [5.74, 6) is 0.366. The van der Waals surface area contributed by atoms with Crippen molar-refractivity contribution in [2.75, 3.05) is 33.9 Å². The number of benzene rings is 2. The van der Waals surface area contributed by atoms with Crippen LogP contribution in [0.3, 0.4) is 0 Å². The highest BCUT2D eigenvalue weighted by atomic mass is 16.5. The van der Waals surface area contributed by atoms with Crippen LogP contribution in [0.2, 0.25) is 0 Å². The van der Waals surface area contributed by atoms with Crippen LogP contribution in [-0.4, -0.2) is 60.1 Å². The van der Waals surface area contributed by atoms with E-state index in [0.717, 1.165) is 48.0 Å². The van der Waals surface area contributed by atoms with Crippen molar-refractivity contribution >= 4 is 44.8 Å². The number of ether oxygens (including phenoxy) is 2. The Morgan fingerprint density at radius 3 is 2.25 bits per heavy atom. The standard InChI is InChI=1S/C28H30N4O4/c1-5-31(6-2)11-12-32-16-20(18-13-23(35-3)24(36-4)14-22(18)32)26-25(27(33)30-28(26)34)19-15-29-21-10-8-7-9-17(19)21/h7-10,13-16,29H,5-6,11-12H2,1-4H3,(H,30,33,34). The molecule has 2 amide bonds. The minimum absolute atomic E-state index is 0.364. The fraction of sp³-hybridized carbons (Fsp3) is 0.286. The van der Waals surface area contributed by atoms with Crippen molar-refractivity contribution in [3.05, 3.63) is 59.9 Å². The smallest absolute Gasteiger partial charge is 0.259 e. The van der Waals surface area contributed by atoms with E-state index >= 15 is 0 Å². The van der Waals surface area contributed by atoms with Gasteiger partial charge in [-0.05, 0) is 25.2 Å². The average molecular weight is 487 g/mol. The Kier molecular flexibility index (Phi) is 6.28. The van der Waals surface area contributed by atoms with Gasteiger partial charge in [-0.25, -0.2) is 0 Å². The average Bonchev–Trinajstić information content (AvgIpc) is 3.56. The Labute approximate surface area is 209 Å². The van der Waals surface area contributed by atoms with E-state index in [4.69, 9.17) is 9.47 Å². The number of aromatic nitrogens is 2. The number of carbonyl (C=O) groups excluding carboxylic acids is 2. The summed E-state index contributed by atoms with van der Waals surface area (Å²) in [6.45, 7) is 7.76. The van der Waals surface area contributed by atoms with Gasteiger partial charge < -0.3 is 23.9 Å². The molecule has 8 heteroatoms. The fourth-order valence-electron chi connectivity index (χ4n) is 5.04.